The fourth-order valence-electron chi connectivity index (χ4n) is 8.75. The van der Waals surface area contributed by atoms with Crippen LogP contribution in [0.25, 0.3) is 0 Å². The molecule has 2 atom stereocenters. The van der Waals surface area contributed by atoms with Gasteiger partial charge < -0.3 is 20.3 Å². The maximum atomic E-state index is 12.4. The summed E-state index contributed by atoms with van der Waals surface area (Å²) in [5, 5.41) is 23.1. The number of hydrogen-bond acceptors (Lipinski definition) is 5. The van der Waals surface area contributed by atoms with Crippen molar-refractivity contribution in [1.29, 1.82) is 0 Å². The summed E-state index contributed by atoms with van der Waals surface area (Å²) in [5.74, 6) is -0.0349. The fraction of sp³-hybridized carbons (Fsp3) is 0.929. The van der Waals surface area contributed by atoms with Gasteiger partial charge in [-0.05, 0) is 51.4 Å². The Morgan fingerprint density at radius 2 is 0.758 bits per heavy atom. The molecule has 6 heteroatoms. The number of esters is 1. The molecule has 0 aromatic carbocycles. The average Bonchev–Trinajstić information content (AvgIpc) is 3.27. The van der Waals surface area contributed by atoms with Crippen molar-refractivity contribution in [3.8, 4) is 0 Å². The number of amides is 1. The maximum absolute atomic E-state index is 12.4. The zero-order chi connectivity index (χ0) is 45.1. The van der Waals surface area contributed by atoms with Gasteiger partial charge in [-0.3, -0.25) is 9.59 Å². The molecule has 3 N–H and O–H groups in total. The summed E-state index contributed by atoms with van der Waals surface area (Å²) in [6.07, 6.45) is 60.6. The number of nitrogens with one attached hydrogen (secondary N) is 1. The van der Waals surface area contributed by atoms with E-state index in [4.69, 9.17) is 4.74 Å². The van der Waals surface area contributed by atoms with Gasteiger partial charge in [0.05, 0.1) is 25.4 Å². The van der Waals surface area contributed by atoms with Crippen molar-refractivity contribution >= 4 is 11.9 Å². The van der Waals surface area contributed by atoms with Crippen LogP contribution in [0.15, 0.2) is 12.2 Å². The average molecular weight is 876 g/mol. The Balaban J connectivity index is 3.36. The van der Waals surface area contributed by atoms with Crippen LogP contribution in [0.3, 0.4) is 0 Å². The van der Waals surface area contributed by atoms with Gasteiger partial charge in [0.15, 0.2) is 0 Å². The summed E-state index contributed by atoms with van der Waals surface area (Å²) < 4.78 is 5.47. The number of unbranched alkanes of at least 4 members (excludes halogenated alkanes) is 39. The van der Waals surface area contributed by atoms with Crippen molar-refractivity contribution in [2.24, 2.45) is 0 Å². The molecule has 0 heterocycles. The van der Waals surface area contributed by atoms with Gasteiger partial charge in [-0.2, -0.15) is 0 Å². The number of ether oxygens (including phenoxy) is 1. The first-order valence-corrected chi connectivity index (χ1v) is 27.9. The van der Waals surface area contributed by atoms with Gasteiger partial charge in [-0.15, -0.1) is 0 Å². The highest BCUT2D eigenvalue weighted by Gasteiger charge is 2.20. The number of carbonyl (C=O) groups is 2. The van der Waals surface area contributed by atoms with Crippen LogP contribution in [0, 0.1) is 0 Å². The number of aliphatic hydroxyl groups is 2. The van der Waals surface area contributed by atoms with Crippen LogP contribution < -0.4 is 5.32 Å². The highest BCUT2D eigenvalue weighted by molar-refractivity contribution is 5.76. The number of allylic oxidation sites excluding steroid dienone is 2. The van der Waals surface area contributed by atoms with E-state index in [1.807, 2.05) is 0 Å². The largest absolute Gasteiger partial charge is 0.466 e. The topological polar surface area (TPSA) is 95.9 Å². The van der Waals surface area contributed by atoms with Crippen molar-refractivity contribution < 1.29 is 24.5 Å². The first-order chi connectivity index (χ1) is 30.5. The SMILES string of the molecule is CCCCCCCC/C=C\CCCCCCCC(=O)OCCCCCCCCCCCCCCCCCCCCCCC(=O)NC(CO)C(O)CCCCCCCCCCCC. The minimum atomic E-state index is -0.663. The molecule has 0 saturated carbocycles. The molecule has 0 aromatic heterocycles. The van der Waals surface area contributed by atoms with Crippen LogP contribution in [-0.2, 0) is 14.3 Å². The highest BCUT2D eigenvalue weighted by atomic mass is 16.5. The predicted octanol–water partition coefficient (Wildman–Crippen LogP) is 16.9. The molecule has 0 aliphatic rings. The minimum absolute atomic E-state index is 0.00287. The number of rotatable bonds is 52. The lowest BCUT2D eigenvalue weighted by Crippen LogP contribution is -2.45. The van der Waals surface area contributed by atoms with Crippen LogP contribution in [0.4, 0.5) is 0 Å². The van der Waals surface area contributed by atoms with Crippen molar-refractivity contribution in [1.82, 2.24) is 5.32 Å². The molecule has 1 amide bonds. The van der Waals surface area contributed by atoms with Crippen LogP contribution in [0.1, 0.15) is 309 Å². The number of hydrogen-bond donors (Lipinski definition) is 3. The molecule has 0 aromatic rings. The van der Waals surface area contributed by atoms with Crippen LogP contribution in [0.5, 0.6) is 0 Å². The predicted molar refractivity (Wildman–Crippen MR) is 269 cm³/mol. The molecule has 2 unspecified atom stereocenters. The number of carbonyl (C=O) groups excluding carboxylic acids is 2. The summed E-state index contributed by atoms with van der Waals surface area (Å²) in [5.41, 5.74) is 0. The molecule has 0 rings (SSSR count). The van der Waals surface area contributed by atoms with Gasteiger partial charge in [0.2, 0.25) is 5.91 Å². The molecule has 0 aliphatic heterocycles. The smallest absolute Gasteiger partial charge is 0.305 e. The Morgan fingerprint density at radius 3 is 1.15 bits per heavy atom. The molecule has 0 bridgehead atoms. The van der Waals surface area contributed by atoms with Crippen molar-refractivity contribution in [3.63, 3.8) is 0 Å². The van der Waals surface area contributed by atoms with E-state index in [9.17, 15) is 19.8 Å². The third kappa shape index (κ3) is 48.1. The molecule has 0 radical (unpaired) electrons. The molecule has 0 saturated heterocycles. The Hall–Kier alpha value is -1.40. The zero-order valence-electron chi connectivity index (χ0n) is 41.9. The standard InChI is InChI=1S/C56H109NO5/c1-3-5-7-9-11-13-15-16-23-27-30-34-38-42-46-50-56(61)62-51-47-43-39-35-31-28-25-22-20-18-17-19-21-24-26-29-33-37-41-45-49-55(60)57-53(52-58)54(59)48-44-40-36-32-14-12-10-8-6-4-2/h16,23,53-54,58-59H,3-15,17-22,24-52H2,1-2H3,(H,57,60)/b23-16-. The first-order valence-electron chi connectivity index (χ1n) is 27.9. The molecular formula is C56H109NO5. The van der Waals surface area contributed by atoms with E-state index in [2.05, 4.69) is 31.3 Å². The maximum Gasteiger partial charge on any atom is 0.305 e. The Labute approximate surface area is 387 Å². The van der Waals surface area contributed by atoms with Crippen molar-refractivity contribution in [2.75, 3.05) is 13.2 Å². The molecule has 0 spiro atoms. The van der Waals surface area contributed by atoms with E-state index >= 15 is 0 Å². The van der Waals surface area contributed by atoms with Gasteiger partial charge in [0.25, 0.3) is 0 Å². The summed E-state index contributed by atoms with van der Waals surface area (Å²) in [6, 6.07) is -0.540. The van der Waals surface area contributed by atoms with E-state index in [0.29, 0.717) is 25.9 Å². The highest BCUT2D eigenvalue weighted by Crippen LogP contribution is 2.17. The van der Waals surface area contributed by atoms with E-state index in [-0.39, 0.29) is 18.5 Å². The lowest BCUT2D eigenvalue weighted by molar-refractivity contribution is -0.143. The zero-order valence-corrected chi connectivity index (χ0v) is 41.9. The summed E-state index contributed by atoms with van der Waals surface area (Å²) in [4.78, 5) is 24.4. The normalized spacial score (nSPS) is 12.6. The Kier molecular flexibility index (Phi) is 51.0. The molecule has 6 nitrogen and oxygen atoms in total. The third-order valence-electron chi connectivity index (χ3n) is 13.1. The summed E-state index contributed by atoms with van der Waals surface area (Å²) >= 11 is 0. The second kappa shape index (κ2) is 52.2. The van der Waals surface area contributed by atoms with Crippen LogP contribution in [-0.4, -0.2) is 47.4 Å². The summed E-state index contributed by atoms with van der Waals surface area (Å²) in [7, 11) is 0. The fourth-order valence-corrected chi connectivity index (χ4v) is 8.75. The van der Waals surface area contributed by atoms with Crippen LogP contribution in [0.2, 0.25) is 0 Å². The second-order valence-corrected chi connectivity index (χ2v) is 19.3. The Morgan fingerprint density at radius 1 is 0.435 bits per heavy atom. The lowest BCUT2D eigenvalue weighted by Gasteiger charge is -2.22. The Bertz CT molecular complexity index is 924. The molecule has 368 valence electrons. The number of aliphatic hydroxyl groups excluding tert-OH is 2. The van der Waals surface area contributed by atoms with Gasteiger partial charge >= 0.3 is 5.97 Å². The van der Waals surface area contributed by atoms with E-state index in [1.165, 1.54) is 231 Å². The molecule has 0 aliphatic carbocycles. The second-order valence-electron chi connectivity index (χ2n) is 19.3. The monoisotopic (exact) mass is 876 g/mol. The summed E-state index contributed by atoms with van der Waals surface area (Å²) in [6.45, 7) is 4.94. The van der Waals surface area contributed by atoms with Crippen molar-refractivity contribution in [3.05, 3.63) is 12.2 Å². The lowest BCUT2D eigenvalue weighted by atomic mass is 10.0. The van der Waals surface area contributed by atoms with Gasteiger partial charge in [-0.25, -0.2) is 0 Å². The molecule has 62 heavy (non-hydrogen) atoms. The quantitative estimate of drug-likeness (QED) is 0.0321. The minimum Gasteiger partial charge on any atom is -0.466 e. The van der Waals surface area contributed by atoms with E-state index < -0.39 is 12.1 Å². The van der Waals surface area contributed by atoms with Crippen LogP contribution >= 0.6 is 0 Å². The van der Waals surface area contributed by atoms with E-state index in [1.54, 1.807) is 0 Å². The van der Waals surface area contributed by atoms with E-state index in [0.717, 1.165) is 44.9 Å². The molecular weight excluding hydrogens is 767 g/mol. The molecule has 0 fully saturated rings. The van der Waals surface area contributed by atoms with Gasteiger partial charge in [0.1, 0.15) is 0 Å². The van der Waals surface area contributed by atoms with Crippen molar-refractivity contribution in [2.45, 2.75) is 321 Å². The van der Waals surface area contributed by atoms with Gasteiger partial charge in [-0.1, -0.05) is 257 Å². The van der Waals surface area contributed by atoms with Gasteiger partial charge in [0, 0.05) is 12.8 Å². The third-order valence-corrected chi connectivity index (χ3v) is 13.1. The first kappa shape index (κ1) is 60.6.